The Kier molecular flexibility index (Phi) is 7.45. The highest BCUT2D eigenvalue weighted by Gasteiger charge is 2.07. The van der Waals surface area contributed by atoms with Crippen LogP contribution in [0.5, 0.6) is 0 Å². The number of benzene rings is 1. The third kappa shape index (κ3) is 7.28. The minimum absolute atomic E-state index is 0.0612. The van der Waals surface area contributed by atoms with Crippen LogP contribution in [0.1, 0.15) is 12.0 Å². The van der Waals surface area contributed by atoms with Crippen molar-refractivity contribution in [2.75, 3.05) is 27.2 Å². The first-order valence-corrected chi connectivity index (χ1v) is 7.01. The summed E-state index contributed by atoms with van der Waals surface area (Å²) in [7, 11) is 3.31. The molecule has 3 N–H and O–H groups in total. The van der Waals surface area contributed by atoms with E-state index < -0.39 is 6.03 Å². The molecular weight excluding hydrogens is 284 g/mol. The van der Waals surface area contributed by atoms with E-state index in [-0.39, 0.29) is 31.3 Å². The predicted molar refractivity (Wildman–Crippen MR) is 83.0 cm³/mol. The van der Waals surface area contributed by atoms with Crippen LogP contribution in [0.2, 0.25) is 0 Å². The Bertz CT molecular complexity index is 503. The largest absolute Gasteiger partial charge is 0.354 e. The molecule has 0 aliphatic rings. The Morgan fingerprint density at radius 2 is 1.68 bits per heavy atom. The lowest BCUT2D eigenvalue weighted by molar-refractivity contribution is -0.128. The van der Waals surface area contributed by atoms with Gasteiger partial charge in [0.1, 0.15) is 0 Å². The maximum atomic E-state index is 11.5. The average molecular weight is 306 g/mol. The summed E-state index contributed by atoms with van der Waals surface area (Å²) < 4.78 is 0. The second kappa shape index (κ2) is 9.38. The number of hydrogen-bond acceptors (Lipinski definition) is 3. The number of amides is 4. The third-order valence-corrected chi connectivity index (χ3v) is 2.87. The number of carbonyl (C=O) groups is 3. The molecule has 0 spiro atoms. The summed E-state index contributed by atoms with van der Waals surface area (Å²) >= 11 is 0. The molecule has 0 atom stereocenters. The molecular formula is C15H22N4O3. The molecule has 0 bridgehead atoms. The normalized spacial score (nSPS) is 9.73. The molecule has 1 aromatic carbocycles. The molecule has 4 amide bonds. The van der Waals surface area contributed by atoms with E-state index in [0.717, 1.165) is 5.56 Å². The van der Waals surface area contributed by atoms with Crippen molar-refractivity contribution in [1.29, 1.82) is 0 Å². The monoisotopic (exact) mass is 306 g/mol. The predicted octanol–water partition coefficient (Wildman–Crippen LogP) is 0.0803. The molecule has 0 aliphatic heterocycles. The fraction of sp³-hybridized carbons (Fsp3) is 0.400. The second-order valence-corrected chi connectivity index (χ2v) is 4.91. The van der Waals surface area contributed by atoms with Crippen molar-refractivity contribution in [3.63, 3.8) is 0 Å². The van der Waals surface area contributed by atoms with Crippen LogP contribution in [0.25, 0.3) is 0 Å². The molecule has 0 radical (unpaired) electrons. The SMILES string of the molecule is CN(C)C(=O)CCNC(=O)CNC(=O)NCc1ccccc1. The van der Waals surface area contributed by atoms with Gasteiger partial charge in [0.2, 0.25) is 11.8 Å². The summed E-state index contributed by atoms with van der Waals surface area (Å²) in [5.41, 5.74) is 0.976. The zero-order valence-corrected chi connectivity index (χ0v) is 12.9. The van der Waals surface area contributed by atoms with E-state index in [9.17, 15) is 14.4 Å². The van der Waals surface area contributed by atoms with Crippen LogP contribution in [0, 0.1) is 0 Å². The standard InChI is InChI=1S/C15H22N4O3/c1-19(2)14(21)8-9-16-13(20)11-18-15(22)17-10-12-6-4-3-5-7-12/h3-7H,8-11H2,1-2H3,(H,16,20)(H2,17,18,22). The van der Waals surface area contributed by atoms with Gasteiger partial charge < -0.3 is 20.9 Å². The number of nitrogens with zero attached hydrogens (tertiary/aromatic N) is 1. The summed E-state index contributed by atoms with van der Waals surface area (Å²) in [5.74, 6) is -0.393. The first-order valence-electron chi connectivity index (χ1n) is 7.01. The van der Waals surface area contributed by atoms with Crippen molar-refractivity contribution in [2.45, 2.75) is 13.0 Å². The molecule has 0 fully saturated rings. The Morgan fingerprint density at radius 3 is 2.32 bits per heavy atom. The van der Waals surface area contributed by atoms with Crippen molar-refractivity contribution >= 4 is 17.8 Å². The molecule has 0 saturated carbocycles. The van der Waals surface area contributed by atoms with Gasteiger partial charge in [0.05, 0.1) is 6.54 Å². The summed E-state index contributed by atoms with van der Waals surface area (Å²) in [6.45, 7) is 0.519. The molecule has 1 rings (SSSR count). The van der Waals surface area contributed by atoms with Crippen LogP contribution in [-0.4, -0.2) is 49.9 Å². The maximum absolute atomic E-state index is 11.5. The summed E-state index contributed by atoms with van der Waals surface area (Å²) in [5, 5.41) is 7.68. The highest BCUT2D eigenvalue weighted by Crippen LogP contribution is 1.96. The quantitative estimate of drug-likeness (QED) is 0.666. The Balaban J connectivity index is 2.13. The van der Waals surface area contributed by atoms with E-state index >= 15 is 0 Å². The van der Waals surface area contributed by atoms with Crippen molar-refractivity contribution in [3.8, 4) is 0 Å². The zero-order chi connectivity index (χ0) is 16.4. The van der Waals surface area contributed by atoms with Crippen LogP contribution in [0.15, 0.2) is 30.3 Å². The van der Waals surface area contributed by atoms with Crippen molar-refractivity contribution < 1.29 is 14.4 Å². The molecule has 0 heterocycles. The number of urea groups is 1. The lowest BCUT2D eigenvalue weighted by atomic mass is 10.2. The number of nitrogens with one attached hydrogen (secondary N) is 3. The van der Waals surface area contributed by atoms with Gasteiger partial charge in [0.25, 0.3) is 0 Å². The smallest absolute Gasteiger partial charge is 0.315 e. The van der Waals surface area contributed by atoms with Crippen LogP contribution in [0.4, 0.5) is 4.79 Å². The van der Waals surface area contributed by atoms with Crippen molar-refractivity contribution in [3.05, 3.63) is 35.9 Å². The molecule has 22 heavy (non-hydrogen) atoms. The topological polar surface area (TPSA) is 90.5 Å². The first-order chi connectivity index (χ1) is 10.5. The van der Waals surface area contributed by atoms with Gasteiger partial charge in [-0.15, -0.1) is 0 Å². The van der Waals surface area contributed by atoms with Gasteiger partial charge in [0.15, 0.2) is 0 Å². The number of rotatable bonds is 7. The van der Waals surface area contributed by atoms with Gasteiger partial charge in [-0.3, -0.25) is 9.59 Å². The maximum Gasteiger partial charge on any atom is 0.315 e. The average Bonchev–Trinajstić information content (AvgIpc) is 2.51. The third-order valence-electron chi connectivity index (χ3n) is 2.87. The van der Waals surface area contributed by atoms with Crippen LogP contribution >= 0.6 is 0 Å². The number of carbonyl (C=O) groups excluding carboxylic acids is 3. The lowest BCUT2D eigenvalue weighted by Crippen LogP contribution is -2.42. The molecule has 0 aromatic heterocycles. The van der Waals surface area contributed by atoms with Gasteiger partial charge >= 0.3 is 6.03 Å². The molecule has 7 nitrogen and oxygen atoms in total. The molecule has 0 unspecified atom stereocenters. The Morgan fingerprint density at radius 1 is 1.00 bits per heavy atom. The van der Waals surface area contributed by atoms with Gasteiger partial charge in [-0.2, -0.15) is 0 Å². The zero-order valence-electron chi connectivity index (χ0n) is 12.9. The molecule has 7 heteroatoms. The summed E-state index contributed by atoms with van der Waals surface area (Å²) in [6.07, 6.45) is 0.235. The highest BCUT2D eigenvalue weighted by atomic mass is 16.2. The fourth-order valence-corrected chi connectivity index (χ4v) is 1.60. The summed E-state index contributed by atoms with van der Waals surface area (Å²) in [4.78, 5) is 35.8. The van der Waals surface area contributed by atoms with Crippen molar-refractivity contribution in [1.82, 2.24) is 20.9 Å². The van der Waals surface area contributed by atoms with E-state index in [1.165, 1.54) is 4.90 Å². The highest BCUT2D eigenvalue weighted by molar-refractivity contribution is 5.84. The minimum Gasteiger partial charge on any atom is -0.354 e. The summed E-state index contributed by atoms with van der Waals surface area (Å²) in [6, 6.07) is 9.05. The first kappa shape index (κ1) is 17.5. The van der Waals surface area contributed by atoms with Gasteiger partial charge in [0, 0.05) is 33.6 Å². The minimum atomic E-state index is -0.414. The molecule has 0 aliphatic carbocycles. The van der Waals surface area contributed by atoms with Crippen LogP contribution < -0.4 is 16.0 Å². The second-order valence-electron chi connectivity index (χ2n) is 4.91. The van der Waals surface area contributed by atoms with E-state index in [1.54, 1.807) is 14.1 Å². The van der Waals surface area contributed by atoms with E-state index in [4.69, 9.17) is 0 Å². The van der Waals surface area contributed by atoms with Gasteiger partial charge in [-0.05, 0) is 5.56 Å². The van der Waals surface area contributed by atoms with E-state index in [1.807, 2.05) is 30.3 Å². The van der Waals surface area contributed by atoms with E-state index in [0.29, 0.717) is 6.54 Å². The van der Waals surface area contributed by atoms with Crippen LogP contribution in [-0.2, 0) is 16.1 Å². The Hall–Kier alpha value is -2.57. The van der Waals surface area contributed by atoms with Crippen LogP contribution in [0.3, 0.4) is 0 Å². The van der Waals surface area contributed by atoms with Gasteiger partial charge in [-0.1, -0.05) is 30.3 Å². The fourth-order valence-electron chi connectivity index (χ4n) is 1.60. The molecule has 0 saturated heterocycles. The Labute approximate surface area is 130 Å². The van der Waals surface area contributed by atoms with Gasteiger partial charge in [-0.25, -0.2) is 4.79 Å². The molecule has 1 aromatic rings. The molecule has 120 valence electrons. The number of hydrogen-bond donors (Lipinski definition) is 3. The van der Waals surface area contributed by atoms with Crippen molar-refractivity contribution in [2.24, 2.45) is 0 Å². The lowest BCUT2D eigenvalue weighted by Gasteiger charge is -2.11. The van der Waals surface area contributed by atoms with E-state index in [2.05, 4.69) is 16.0 Å².